The van der Waals surface area contributed by atoms with Gasteiger partial charge in [-0.2, -0.15) is 0 Å². The summed E-state index contributed by atoms with van der Waals surface area (Å²) in [7, 11) is 0. The third kappa shape index (κ3) is 5.23. The largest absolute Gasteiger partial charge is 0.355 e. The van der Waals surface area contributed by atoms with Crippen LogP contribution in [0.25, 0.3) is 0 Å². The van der Waals surface area contributed by atoms with Gasteiger partial charge in [0, 0.05) is 11.9 Å². The molecule has 7 heteroatoms. The Balaban J connectivity index is 1.51. The number of carbonyl (C=O) groups is 2. The van der Waals surface area contributed by atoms with E-state index in [1.54, 1.807) is 11.4 Å². The maximum Gasteiger partial charge on any atom is 0.260 e. The minimum Gasteiger partial charge on any atom is -0.355 e. The minimum atomic E-state index is -0.594. The van der Waals surface area contributed by atoms with E-state index in [2.05, 4.69) is 22.5 Å². The number of benzene rings is 2. The topological polar surface area (TPSA) is 71.1 Å². The van der Waals surface area contributed by atoms with Crippen LogP contribution in [0.5, 0.6) is 0 Å². The van der Waals surface area contributed by atoms with Crippen LogP contribution in [0, 0.1) is 5.82 Å². The van der Waals surface area contributed by atoms with E-state index in [0.29, 0.717) is 17.4 Å². The Morgan fingerprint density at radius 1 is 1.11 bits per heavy atom. The summed E-state index contributed by atoms with van der Waals surface area (Å²) in [5.74, 6) is -1.10. The average Bonchev–Trinajstić information content (AvgIpc) is 3.13. The van der Waals surface area contributed by atoms with E-state index in [9.17, 15) is 14.0 Å². The van der Waals surface area contributed by atoms with Gasteiger partial charge in [0.15, 0.2) is 5.13 Å². The van der Waals surface area contributed by atoms with Crippen molar-refractivity contribution in [1.29, 1.82) is 0 Å². The van der Waals surface area contributed by atoms with E-state index >= 15 is 0 Å². The number of anilines is 1. The molecule has 0 aliphatic rings. The molecule has 2 amide bonds. The third-order valence-electron chi connectivity index (χ3n) is 4.21. The molecule has 0 saturated heterocycles. The van der Waals surface area contributed by atoms with Crippen molar-refractivity contribution in [2.75, 3.05) is 11.9 Å². The lowest BCUT2D eigenvalue weighted by Gasteiger charge is -2.12. The SMILES string of the molecule is CC(CNC(=O)Cc1csc(NC(=O)c2ccccc2F)n1)c1ccccc1. The van der Waals surface area contributed by atoms with E-state index < -0.39 is 11.7 Å². The zero-order valence-corrected chi connectivity index (χ0v) is 16.1. The van der Waals surface area contributed by atoms with Crippen molar-refractivity contribution in [3.63, 3.8) is 0 Å². The molecule has 0 aliphatic carbocycles. The molecule has 0 radical (unpaired) electrons. The van der Waals surface area contributed by atoms with Gasteiger partial charge in [-0.15, -0.1) is 11.3 Å². The maximum absolute atomic E-state index is 13.7. The van der Waals surface area contributed by atoms with Gasteiger partial charge >= 0.3 is 0 Å². The van der Waals surface area contributed by atoms with Gasteiger partial charge in [0.2, 0.25) is 5.91 Å². The fraction of sp³-hybridized carbons (Fsp3) is 0.190. The van der Waals surface area contributed by atoms with Crippen LogP contribution < -0.4 is 10.6 Å². The highest BCUT2D eigenvalue weighted by molar-refractivity contribution is 7.14. The van der Waals surface area contributed by atoms with Gasteiger partial charge in [0.1, 0.15) is 5.82 Å². The Bertz CT molecular complexity index is 959. The normalized spacial score (nSPS) is 11.6. The van der Waals surface area contributed by atoms with E-state index in [4.69, 9.17) is 0 Å². The van der Waals surface area contributed by atoms with Crippen LogP contribution >= 0.6 is 11.3 Å². The van der Waals surface area contributed by atoms with Crippen LogP contribution in [0.4, 0.5) is 9.52 Å². The Labute approximate surface area is 166 Å². The fourth-order valence-electron chi connectivity index (χ4n) is 2.65. The van der Waals surface area contributed by atoms with Crippen LogP contribution in [0.15, 0.2) is 60.0 Å². The predicted molar refractivity (Wildman–Crippen MR) is 108 cm³/mol. The zero-order valence-electron chi connectivity index (χ0n) is 15.3. The summed E-state index contributed by atoms with van der Waals surface area (Å²) in [5.41, 5.74) is 1.67. The summed E-state index contributed by atoms with van der Waals surface area (Å²) < 4.78 is 13.7. The van der Waals surface area contributed by atoms with Crippen molar-refractivity contribution in [3.8, 4) is 0 Å². The summed E-state index contributed by atoms with van der Waals surface area (Å²) in [6.45, 7) is 2.58. The average molecular weight is 397 g/mol. The second-order valence-electron chi connectivity index (χ2n) is 6.37. The van der Waals surface area contributed by atoms with Crippen molar-refractivity contribution >= 4 is 28.3 Å². The van der Waals surface area contributed by atoms with Gasteiger partial charge < -0.3 is 5.32 Å². The molecule has 1 aromatic heterocycles. The molecule has 3 rings (SSSR count). The second-order valence-corrected chi connectivity index (χ2v) is 7.23. The van der Waals surface area contributed by atoms with Gasteiger partial charge in [-0.1, -0.05) is 49.4 Å². The summed E-state index contributed by atoms with van der Waals surface area (Å²) in [6.07, 6.45) is 0.119. The third-order valence-corrected chi connectivity index (χ3v) is 5.01. The number of amides is 2. The zero-order chi connectivity index (χ0) is 19.9. The van der Waals surface area contributed by atoms with E-state index in [-0.39, 0.29) is 23.8 Å². The van der Waals surface area contributed by atoms with E-state index in [1.165, 1.54) is 29.5 Å². The Kier molecular flexibility index (Phi) is 6.49. The number of hydrogen-bond acceptors (Lipinski definition) is 4. The summed E-state index contributed by atoms with van der Waals surface area (Å²) in [5, 5.41) is 7.50. The van der Waals surface area contributed by atoms with Crippen LogP contribution in [0.1, 0.15) is 34.5 Å². The number of aromatic nitrogens is 1. The summed E-state index contributed by atoms with van der Waals surface area (Å²) in [4.78, 5) is 28.5. The van der Waals surface area contributed by atoms with Crippen LogP contribution in [0.2, 0.25) is 0 Å². The Hall–Kier alpha value is -3.06. The molecule has 5 nitrogen and oxygen atoms in total. The number of hydrogen-bond donors (Lipinski definition) is 2. The lowest BCUT2D eigenvalue weighted by atomic mass is 10.0. The molecule has 1 atom stereocenters. The van der Waals surface area contributed by atoms with E-state index in [1.807, 2.05) is 30.3 Å². The standard InChI is InChI=1S/C21H20FN3O2S/c1-14(15-7-3-2-4-8-15)12-23-19(26)11-16-13-28-21(24-16)25-20(27)17-9-5-6-10-18(17)22/h2-10,13-14H,11-12H2,1H3,(H,23,26)(H,24,25,27). The number of rotatable bonds is 7. The molecule has 0 saturated carbocycles. The molecule has 2 N–H and O–H groups in total. The molecule has 0 spiro atoms. The molecule has 144 valence electrons. The molecule has 1 unspecified atom stereocenters. The van der Waals surface area contributed by atoms with E-state index in [0.717, 1.165) is 5.56 Å². The van der Waals surface area contributed by atoms with Crippen molar-refractivity contribution in [1.82, 2.24) is 10.3 Å². The summed E-state index contributed by atoms with van der Waals surface area (Å²) in [6, 6.07) is 15.7. The van der Waals surface area contributed by atoms with Gasteiger partial charge in [0.05, 0.1) is 17.7 Å². The quantitative estimate of drug-likeness (QED) is 0.633. The first-order valence-corrected chi connectivity index (χ1v) is 9.73. The monoisotopic (exact) mass is 397 g/mol. The van der Waals surface area contributed by atoms with Crippen LogP contribution in [0.3, 0.4) is 0 Å². The van der Waals surface area contributed by atoms with Crippen LogP contribution in [-0.2, 0) is 11.2 Å². The first kappa shape index (κ1) is 19.7. The lowest BCUT2D eigenvalue weighted by Crippen LogP contribution is -2.29. The van der Waals surface area contributed by atoms with Gasteiger partial charge in [-0.05, 0) is 23.6 Å². The van der Waals surface area contributed by atoms with Crippen molar-refractivity contribution in [2.45, 2.75) is 19.3 Å². The van der Waals surface area contributed by atoms with Gasteiger partial charge in [0.25, 0.3) is 5.91 Å². The highest BCUT2D eigenvalue weighted by Gasteiger charge is 2.14. The first-order valence-electron chi connectivity index (χ1n) is 8.85. The minimum absolute atomic E-state index is 0.0492. The molecule has 2 aromatic carbocycles. The highest BCUT2D eigenvalue weighted by Crippen LogP contribution is 2.18. The van der Waals surface area contributed by atoms with Gasteiger partial charge in [-0.25, -0.2) is 9.37 Å². The predicted octanol–water partition coefficient (Wildman–Crippen LogP) is 4.00. The smallest absolute Gasteiger partial charge is 0.260 e. The first-order chi connectivity index (χ1) is 13.5. The number of halogens is 1. The number of nitrogens with zero attached hydrogens (tertiary/aromatic N) is 1. The number of carbonyl (C=O) groups excluding carboxylic acids is 2. The molecule has 28 heavy (non-hydrogen) atoms. The maximum atomic E-state index is 13.7. The molecular weight excluding hydrogens is 377 g/mol. The highest BCUT2D eigenvalue weighted by atomic mass is 32.1. The Morgan fingerprint density at radius 3 is 2.57 bits per heavy atom. The molecule has 1 heterocycles. The molecule has 0 fully saturated rings. The summed E-state index contributed by atoms with van der Waals surface area (Å²) >= 11 is 1.20. The fourth-order valence-corrected chi connectivity index (χ4v) is 3.35. The molecular formula is C21H20FN3O2S. The lowest BCUT2D eigenvalue weighted by molar-refractivity contribution is -0.120. The van der Waals surface area contributed by atoms with Crippen molar-refractivity contribution in [2.24, 2.45) is 0 Å². The van der Waals surface area contributed by atoms with Crippen molar-refractivity contribution in [3.05, 3.63) is 82.6 Å². The number of thiazole rings is 1. The van der Waals surface area contributed by atoms with Gasteiger partial charge in [-0.3, -0.25) is 14.9 Å². The number of nitrogens with one attached hydrogen (secondary N) is 2. The molecule has 0 bridgehead atoms. The Morgan fingerprint density at radius 2 is 1.82 bits per heavy atom. The molecule has 3 aromatic rings. The van der Waals surface area contributed by atoms with Crippen LogP contribution in [-0.4, -0.2) is 23.3 Å². The second kappa shape index (κ2) is 9.23. The van der Waals surface area contributed by atoms with Crippen molar-refractivity contribution < 1.29 is 14.0 Å². The molecule has 0 aliphatic heterocycles.